The van der Waals surface area contributed by atoms with Crippen LogP contribution in [0, 0.1) is 6.92 Å². The van der Waals surface area contributed by atoms with Gasteiger partial charge in [-0.05, 0) is 49.6 Å². The number of phenols is 1. The molecule has 3 heterocycles. The van der Waals surface area contributed by atoms with Gasteiger partial charge in [-0.25, -0.2) is 14.8 Å². The Balaban J connectivity index is 1.43. The standard InChI is InChI=1S/C25H28N4O4/c1-16-8-9-19-21(13-16)27-23(20-6-2-3-7-22(20)30)28-24(19)29-11-4-5-17(14-29)26-25(31)33-18-10-12-32-15-18/h2-3,6-9,13,17-18,30H,4-5,10-12,14-15H2,1H3,(H,26,31)/t17-,18?/m0/s1. The van der Waals surface area contributed by atoms with Crippen molar-refractivity contribution in [2.24, 2.45) is 0 Å². The van der Waals surface area contributed by atoms with E-state index in [1.54, 1.807) is 12.1 Å². The molecule has 2 saturated heterocycles. The molecule has 8 nitrogen and oxygen atoms in total. The number of carbonyl (C=O) groups is 1. The monoisotopic (exact) mass is 448 g/mol. The first-order valence-corrected chi connectivity index (χ1v) is 11.4. The summed E-state index contributed by atoms with van der Waals surface area (Å²) in [6.07, 6.45) is 1.98. The predicted octanol–water partition coefficient (Wildman–Crippen LogP) is 3.79. The molecule has 0 aliphatic carbocycles. The number of nitrogens with zero attached hydrogens (tertiary/aromatic N) is 3. The van der Waals surface area contributed by atoms with Gasteiger partial charge in [-0.3, -0.25) is 0 Å². The zero-order valence-electron chi connectivity index (χ0n) is 18.7. The van der Waals surface area contributed by atoms with Crippen LogP contribution in [0.4, 0.5) is 10.6 Å². The normalized spacial score (nSPS) is 20.7. The predicted molar refractivity (Wildman–Crippen MR) is 125 cm³/mol. The average Bonchev–Trinajstić information content (AvgIpc) is 3.31. The van der Waals surface area contributed by atoms with Crippen molar-refractivity contribution < 1.29 is 19.4 Å². The van der Waals surface area contributed by atoms with Crippen LogP contribution < -0.4 is 10.2 Å². The van der Waals surface area contributed by atoms with Gasteiger partial charge in [-0.1, -0.05) is 18.2 Å². The molecule has 2 aromatic carbocycles. The van der Waals surface area contributed by atoms with Gasteiger partial charge in [0.25, 0.3) is 0 Å². The number of hydrogen-bond acceptors (Lipinski definition) is 7. The molecule has 8 heteroatoms. The molecule has 0 saturated carbocycles. The molecule has 3 aromatic rings. The molecule has 33 heavy (non-hydrogen) atoms. The number of ether oxygens (including phenoxy) is 2. The first-order chi connectivity index (χ1) is 16.1. The minimum atomic E-state index is -0.393. The Labute approximate surface area is 192 Å². The fraction of sp³-hybridized carbons (Fsp3) is 0.400. The van der Waals surface area contributed by atoms with Gasteiger partial charge in [0.2, 0.25) is 0 Å². The van der Waals surface area contributed by atoms with Crippen molar-refractivity contribution in [1.82, 2.24) is 15.3 Å². The highest BCUT2D eigenvalue weighted by molar-refractivity contribution is 5.92. The Morgan fingerprint density at radius 1 is 1.21 bits per heavy atom. The second kappa shape index (κ2) is 9.23. The number of fused-ring (bicyclic) bond motifs is 1. The molecule has 5 rings (SSSR count). The van der Waals surface area contributed by atoms with Crippen LogP contribution in [0.25, 0.3) is 22.3 Å². The fourth-order valence-electron chi connectivity index (χ4n) is 4.49. The van der Waals surface area contributed by atoms with Crippen LogP contribution in [0.3, 0.4) is 0 Å². The highest BCUT2D eigenvalue weighted by Crippen LogP contribution is 2.33. The number of aryl methyl sites for hydroxylation is 1. The summed E-state index contributed by atoms with van der Waals surface area (Å²) in [5, 5.41) is 14.4. The molecule has 2 N–H and O–H groups in total. The number of anilines is 1. The average molecular weight is 449 g/mol. The van der Waals surface area contributed by atoms with Crippen LogP contribution in [0.2, 0.25) is 0 Å². The number of phenolic OH excluding ortho intramolecular Hbond substituents is 1. The van der Waals surface area contributed by atoms with Crippen molar-refractivity contribution in [2.45, 2.75) is 38.3 Å². The maximum atomic E-state index is 12.4. The number of hydrogen-bond donors (Lipinski definition) is 2. The highest BCUT2D eigenvalue weighted by Gasteiger charge is 2.27. The van der Waals surface area contributed by atoms with Gasteiger partial charge in [-0.2, -0.15) is 0 Å². The molecule has 172 valence electrons. The maximum Gasteiger partial charge on any atom is 0.407 e. The quantitative estimate of drug-likeness (QED) is 0.627. The van der Waals surface area contributed by atoms with E-state index in [-0.39, 0.29) is 17.9 Å². The van der Waals surface area contributed by atoms with Crippen LogP contribution in [0.1, 0.15) is 24.8 Å². The zero-order valence-corrected chi connectivity index (χ0v) is 18.7. The van der Waals surface area contributed by atoms with E-state index in [1.807, 2.05) is 31.2 Å². The summed E-state index contributed by atoms with van der Waals surface area (Å²) in [5.74, 6) is 1.44. The van der Waals surface area contributed by atoms with E-state index in [4.69, 9.17) is 19.4 Å². The van der Waals surface area contributed by atoms with Gasteiger partial charge in [0, 0.05) is 30.9 Å². The third-order valence-corrected chi connectivity index (χ3v) is 6.18. The first-order valence-electron chi connectivity index (χ1n) is 11.4. The maximum absolute atomic E-state index is 12.4. The third kappa shape index (κ3) is 4.71. The van der Waals surface area contributed by atoms with Gasteiger partial charge in [0.05, 0.1) is 24.3 Å². The summed E-state index contributed by atoms with van der Waals surface area (Å²) in [7, 11) is 0. The van der Waals surface area contributed by atoms with Crippen LogP contribution in [-0.4, -0.2) is 59.6 Å². The van der Waals surface area contributed by atoms with E-state index < -0.39 is 6.09 Å². The number of nitrogens with one attached hydrogen (secondary N) is 1. The SMILES string of the molecule is Cc1ccc2c(N3CCC[C@H](NC(=O)OC4CCOC4)C3)nc(-c3ccccc3O)nc2c1. The Bertz CT molecular complexity index is 1160. The lowest BCUT2D eigenvalue weighted by molar-refractivity contribution is 0.0803. The number of piperidine rings is 1. The minimum absolute atomic E-state index is 0.0439. The van der Waals surface area contributed by atoms with E-state index in [9.17, 15) is 9.90 Å². The second-order valence-corrected chi connectivity index (χ2v) is 8.73. The fourth-order valence-corrected chi connectivity index (χ4v) is 4.49. The molecule has 1 amide bonds. The van der Waals surface area contributed by atoms with Crippen LogP contribution in [-0.2, 0) is 9.47 Å². The zero-order chi connectivity index (χ0) is 22.8. The molecule has 0 spiro atoms. The van der Waals surface area contributed by atoms with E-state index >= 15 is 0 Å². The van der Waals surface area contributed by atoms with Crippen LogP contribution in [0.5, 0.6) is 5.75 Å². The lowest BCUT2D eigenvalue weighted by atomic mass is 10.0. The van der Waals surface area contributed by atoms with E-state index in [2.05, 4.69) is 16.3 Å². The van der Waals surface area contributed by atoms with Crippen molar-refractivity contribution in [1.29, 1.82) is 0 Å². The number of benzene rings is 2. The minimum Gasteiger partial charge on any atom is -0.507 e. The summed E-state index contributed by atoms with van der Waals surface area (Å²) in [5.41, 5.74) is 2.53. The second-order valence-electron chi connectivity index (χ2n) is 8.73. The van der Waals surface area contributed by atoms with Gasteiger partial charge < -0.3 is 24.8 Å². The number of carbonyl (C=O) groups excluding carboxylic acids is 1. The van der Waals surface area contributed by atoms with Crippen molar-refractivity contribution >= 4 is 22.8 Å². The Kier molecular flexibility index (Phi) is 6.00. The smallest absolute Gasteiger partial charge is 0.407 e. The van der Waals surface area contributed by atoms with Crippen molar-refractivity contribution in [3.05, 3.63) is 48.0 Å². The Morgan fingerprint density at radius 3 is 2.91 bits per heavy atom. The summed E-state index contributed by atoms with van der Waals surface area (Å²) in [6, 6.07) is 13.2. The third-order valence-electron chi connectivity index (χ3n) is 6.18. The number of alkyl carbamates (subject to hydrolysis) is 1. The van der Waals surface area contributed by atoms with Crippen molar-refractivity contribution in [3.63, 3.8) is 0 Å². The molecule has 2 aliphatic heterocycles. The van der Waals surface area contributed by atoms with E-state index in [0.29, 0.717) is 31.1 Å². The van der Waals surface area contributed by atoms with Crippen molar-refractivity contribution in [3.8, 4) is 17.1 Å². The molecule has 0 bridgehead atoms. The van der Waals surface area contributed by atoms with Gasteiger partial charge >= 0.3 is 6.09 Å². The molecule has 1 aromatic heterocycles. The number of rotatable bonds is 4. The summed E-state index contributed by atoms with van der Waals surface area (Å²) < 4.78 is 10.8. The highest BCUT2D eigenvalue weighted by atomic mass is 16.6. The van der Waals surface area contributed by atoms with E-state index in [1.165, 1.54) is 0 Å². The molecule has 1 unspecified atom stereocenters. The lowest BCUT2D eigenvalue weighted by Crippen LogP contribution is -2.48. The summed E-state index contributed by atoms with van der Waals surface area (Å²) in [4.78, 5) is 24.2. The number of amides is 1. The van der Waals surface area contributed by atoms with E-state index in [0.717, 1.165) is 48.1 Å². The number of para-hydroxylation sites is 1. The Hall–Kier alpha value is -3.39. The van der Waals surface area contributed by atoms with Gasteiger partial charge in [0.15, 0.2) is 5.82 Å². The topological polar surface area (TPSA) is 96.8 Å². The molecule has 2 aliphatic rings. The lowest BCUT2D eigenvalue weighted by Gasteiger charge is -2.34. The largest absolute Gasteiger partial charge is 0.507 e. The molecule has 0 radical (unpaired) electrons. The molecular formula is C25H28N4O4. The van der Waals surface area contributed by atoms with Crippen molar-refractivity contribution in [2.75, 3.05) is 31.2 Å². The molecular weight excluding hydrogens is 420 g/mol. The van der Waals surface area contributed by atoms with Crippen LogP contribution in [0.15, 0.2) is 42.5 Å². The first kappa shape index (κ1) is 21.5. The number of aromatic nitrogens is 2. The van der Waals surface area contributed by atoms with Gasteiger partial charge in [-0.15, -0.1) is 0 Å². The molecule has 2 fully saturated rings. The van der Waals surface area contributed by atoms with Gasteiger partial charge in [0.1, 0.15) is 17.7 Å². The summed E-state index contributed by atoms with van der Waals surface area (Å²) in [6.45, 7) is 4.57. The number of aromatic hydroxyl groups is 1. The Morgan fingerprint density at radius 2 is 2.09 bits per heavy atom. The summed E-state index contributed by atoms with van der Waals surface area (Å²) >= 11 is 0. The van der Waals surface area contributed by atoms with Crippen LogP contribution >= 0.6 is 0 Å². The molecule has 2 atom stereocenters.